The first-order valence-corrected chi connectivity index (χ1v) is 7.37. The van der Waals surface area contributed by atoms with Gasteiger partial charge in [-0.05, 0) is 36.5 Å². The summed E-state index contributed by atoms with van der Waals surface area (Å²) in [6, 6.07) is 12.5. The number of rotatable bonds is 5. The summed E-state index contributed by atoms with van der Waals surface area (Å²) in [6.45, 7) is 8.39. The first kappa shape index (κ1) is 16.0. The quantitative estimate of drug-likeness (QED) is 0.550. The molecule has 0 aliphatic heterocycles. The lowest BCUT2D eigenvalue weighted by molar-refractivity contribution is -0.385. The molecule has 2 rings (SSSR count). The van der Waals surface area contributed by atoms with Crippen LogP contribution in [0.3, 0.4) is 0 Å². The van der Waals surface area contributed by atoms with Gasteiger partial charge in [0.25, 0.3) is 0 Å². The normalized spacial score (nSPS) is 11.3. The molecule has 0 aliphatic rings. The van der Waals surface area contributed by atoms with E-state index < -0.39 is 4.92 Å². The molecule has 2 aromatic carbocycles. The Morgan fingerprint density at radius 2 is 1.82 bits per heavy atom. The Kier molecular flexibility index (Phi) is 4.50. The van der Waals surface area contributed by atoms with Crippen LogP contribution in [0.1, 0.15) is 38.3 Å². The number of nitro benzene ring substituents is 1. The van der Waals surface area contributed by atoms with Crippen LogP contribution in [0.4, 0.5) is 5.69 Å². The maximum absolute atomic E-state index is 11.1. The Labute approximate surface area is 130 Å². The molecule has 0 aliphatic carbocycles. The summed E-state index contributed by atoms with van der Waals surface area (Å²) in [7, 11) is 0. The maximum atomic E-state index is 11.1. The van der Waals surface area contributed by atoms with E-state index in [2.05, 4.69) is 20.8 Å². The minimum atomic E-state index is -0.421. The highest BCUT2D eigenvalue weighted by molar-refractivity contribution is 5.51. The number of hydrogen-bond acceptors (Lipinski definition) is 3. The van der Waals surface area contributed by atoms with Crippen molar-refractivity contribution >= 4 is 5.69 Å². The van der Waals surface area contributed by atoms with Gasteiger partial charge >= 0.3 is 5.69 Å². The third-order valence-electron chi connectivity index (χ3n) is 4.03. The lowest BCUT2D eigenvalue weighted by Gasteiger charge is -2.26. The number of benzene rings is 2. The molecule has 0 N–H and O–H groups in total. The molecule has 0 heterocycles. The molecular formula is C18H21NO3. The topological polar surface area (TPSA) is 52.4 Å². The van der Waals surface area contributed by atoms with Gasteiger partial charge in [0.15, 0.2) is 0 Å². The van der Waals surface area contributed by atoms with E-state index in [1.54, 1.807) is 18.2 Å². The van der Waals surface area contributed by atoms with Gasteiger partial charge in [-0.3, -0.25) is 10.1 Å². The van der Waals surface area contributed by atoms with E-state index in [0.29, 0.717) is 5.75 Å². The fourth-order valence-corrected chi connectivity index (χ4v) is 2.28. The second-order valence-electron chi connectivity index (χ2n) is 6.06. The van der Waals surface area contributed by atoms with Crippen molar-refractivity contribution < 1.29 is 9.66 Å². The van der Waals surface area contributed by atoms with Gasteiger partial charge in [0, 0.05) is 11.6 Å². The van der Waals surface area contributed by atoms with Crippen LogP contribution < -0.4 is 4.74 Å². The standard InChI is InChI=1S/C18H21NO3/c1-5-18(3,4)14-11-10-13(2)12-17(14)22-16-9-7-6-8-15(16)19(20)21/h6-12H,5H2,1-4H3. The molecular weight excluding hydrogens is 278 g/mol. The highest BCUT2D eigenvalue weighted by Crippen LogP contribution is 2.39. The minimum Gasteiger partial charge on any atom is -0.450 e. The SMILES string of the molecule is CCC(C)(C)c1ccc(C)cc1Oc1ccccc1[N+](=O)[O-]. The zero-order valence-electron chi connectivity index (χ0n) is 13.4. The van der Waals surface area contributed by atoms with Crippen LogP contribution in [0.25, 0.3) is 0 Å². The predicted molar refractivity (Wildman–Crippen MR) is 87.7 cm³/mol. The summed E-state index contributed by atoms with van der Waals surface area (Å²) in [5.74, 6) is 0.951. The van der Waals surface area contributed by atoms with Crippen molar-refractivity contribution in [2.45, 2.75) is 39.5 Å². The monoisotopic (exact) mass is 299 g/mol. The van der Waals surface area contributed by atoms with Crippen LogP contribution in [-0.2, 0) is 5.41 Å². The average molecular weight is 299 g/mol. The van der Waals surface area contributed by atoms with Crippen LogP contribution >= 0.6 is 0 Å². The van der Waals surface area contributed by atoms with Crippen molar-refractivity contribution in [1.29, 1.82) is 0 Å². The molecule has 0 aromatic heterocycles. The molecule has 4 nitrogen and oxygen atoms in total. The summed E-state index contributed by atoms with van der Waals surface area (Å²) < 4.78 is 5.93. The van der Waals surface area contributed by atoms with Crippen LogP contribution in [-0.4, -0.2) is 4.92 Å². The van der Waals surface area contributed by atoms with Crippen molar-refractivity contribution in [2.75, 3.05) is 0 Å². The van der Waals surface area contributed by atoms with Crippen LogP contribution in [0.5, 0.6) is 11.5 Å². The molecule has 4 heteroatoms. The number of para-hydroxylation sites is 2. The molecule has 0 fully saturated rings. The highest BCUT2D eigenvalue weighted by Gasteiger charge is 2.24. The molecule has 0 spiro atoms. The van der Waals surface area contributed by atoms with Crippen LogP contribution in [0.15, 0.2) is 42.5 Å². The maximum Gasteiger partial charge on any atom is 0.311 e. The molecule has 0 saturated carbocycles. The van der Waals surface area contributed by atoms with E-state index in [1.807, 2.05) is 25.1 Å². The van der Waals surface area contributed by atoms with Gasteiger partial charge in [0.05, 0.1) is 4.92 Å². The molecule has 0 atom stereocenters. The lowest BCUT2D eigenvalue weighted by Crippen LogP contribution is -2.16. The van der Waals surface area contributed by atoms with Crippen molar-refractivity contribution in [3.63, 3.8) is 0 Å². The molecule has 0 unspecified atom stereocenters. The van der Waals surface area contributed by atoms with E-state index in [1.165, 1.54) is 6.07 Å². The number of nitro groups is 1. The zero-order chi connectivity index (χ0) is 16.3. The largest absolute Gasteiger partial charge is 0.450 e. The van der Waals surface area contributed by atoms with Gasteiger partial charge in [0.2, 0.25) is 5.75 Å². The van der Waals surface area contributed by atoms with Gasteiger partial charge in [-0.1, -0.05) is 45.0 Å². The van der Waals surface area contributed by atoms with E-state index in [-0.39, 0.29) is 16.9 Å². The first-order chi connectivity index (χ1) is 10.3. The highest BCUT2D eigenvalue weighted by atomic mass is 16.6. The molecule has 0 amide bonds. The van der Waals surface area contributed by atoms with E-state index >= 15 is 0 Å². The summed E-state index contributed by atoms with van der Waals surface area (Å²) >= 11 is 0. The second-order valence-corrected chi connectivity index (χ2v) is 6.06. The number of aryl methyl sites for hydroxylation is 1. The molecule has 2 aromatic rings. The fraction of sp³-hybridized carbons (Fsp3) is 0.333. The molecule has 116 valence electrons. The second kappa shape index (κ2) is 6.18. The lowest BCUT2D eigenvalue weighted by atomic mass is 9.81. The van der Waals surface area contributed by atoms with Gasteiger partial charge in [-0.2, -0.15) is 0 Å². The summed E-state index contributed by atoms with van der Waals surface area (Å²) in [6.07, 6.45) is 0.948. The number of hydrogen-bond donors (Lipinski definition) is 0. The van der Waals surface area contributed by atoms with E-state index in [4.69, 9.17) is 4.74 Å². The van der Waals surface area contributed by atoms with E-state index in [0.717, 1.165) is 17.5 Å². The Morgan fingerprint density at radius 1 is 1.14 bits per heavy atom. The number of nitrogens with zero attached hydrogens (tertiary/aromatic N) is 1. The summed E-state index contributed by atoms with van der Waals surface area (Å²) in [5.41, 5.74) is 2.03. The van der Waals surface area contributed by atoms with Gasteiger partial charge in [-0.15, -0.1) is 0 Å². The minimum absolute atomic E-state index is 0.0238. The first-order valence-electron chi connectivity index (χ1n) is 7.37. The Morgan fingerprint density at radius 3 is 2.45 bits per heavy atom. The summed E-state index contributed by atoms with van der Waals surface area (Å²) in [5, 5.41) is 11.1. The molecule has 0 bridgehead atoms. The molecule has 0 radical (unpaired) electrons. The molecule has 22 heavy (non-hydrogen) atoms. The van der Waals surface area contributed by atoms with Crippen molar-refractivity contribution in [1.82, 2.24) is 0 Å². The average Bonchev–Trinajstić information content (AvgIpc) is 2.47. The van der Waals surface area contributed by atoms with E-state index in [9.17, 15) is 10.1 Å². The van der Waals surface area contributed by atoms with Crippen molar-refractivity contribution in [2.24, 2.45) is 0 Å². The van der Waals surface area contributed by atoms with Crippen LogP contribution in [0, 0.1) is 17.0 Å². The Balaban J connectivity index is 2.50. The predicted octanol–water partition coefficient (Wildman–Crippen LogP) is 5.38. The fourth-order valence-electron chi connectivity index (χ4n) is 2.28. The third-order valence-corrected chi connectivity index (χ3v) is 4.03. The third kappa shape index (κ3) is 3.27. The van der Waals surface area contributed by atoms with Gasteiger partial charge in [0.1, 0.15) is 5.75 Å². The Bertz CT molecular complexity index is 692. The van der Waals surface area contributed by atoms with Gasteiger partial charge in [-0.25, -0.2) is 0 Å². The van der Waals surface area contributed by atoms with Crippen LogP contribution in [0.2, 0.25) is 0 Å². The van der Waals surface area contributed by atoms with Gasteiger partial charge < -0.3 is 4.74 Å². The van der Waals surface area contributed by atoms with Crippen molar-refractivity contribution in [3.05, 3.63) is 63.7 Å². The number of ether oxygens (including phenoxy) is 1. The summed E-state index contributed by atoms with van der Waals surface area (Å²) in [4.78, 5) is 10.7. The Hall–Kier alpha value is -2.36. The zero-order valence-corrected chi connectivity index (χ0v) is 13.4. The molecule has 0 saturated heterocycles. The smallest absolute Gasteiger partial charge is 0.311 e. The van der Waals surface area contributed by atoms with Crippen molar-refractivity contribution in [3.8, 4) is 11.5 Å².